The van der Waals surface area contributed by atoms with Crippen LogP contribution >= 0.6 is 11.8 Å². The average molecular weight is 197 g/mol. The van der Waals surface area contributed by atoms with Crippen molar-refractivity contribution in [3.8, 4) is 0 Å². The Hall–Kier alpha value is -0.510. The molecule has 0 bridgehead atoms. The molecule has 0 spiro atoms. The zero-order valence-corrected chi connectivity index (χ0v) is 8.63. The summed E-state index contributed by atoms with van der Waals surface area (Å²) in [6.45, 7) is 0.938. The molecule has 0 aliphatic rings. The first-order valence-corrected chi connectivity index (χ1v) is 5.62. The zero-order valence-electron chi connectivity index (χ0n) is 7.81. The second-order valence-electron chi connectivity index (χ2n) is 2.87. The van der Waals surface area contributed by atoms with E-state index in [1.807, 2.05) is 29.4 Å². The van der Waals surface area contributed by atoms with Crippen LogP contribution in [0, 0.1) is 0 Å². The summed E-state index contributed by atoms with van der Waals surface area (Å²) in [4.78, 5) is 1.99. The molecule has 0 aliphatic carbocycles. The molecule has 72 valence electrons. The number of aliphatic hydroxyl groups is 1. The molecule has 0 unspecified atom stereocenters. The van der Waals surface area contributed by atoms with Crippen molar-refractivity contribution in [2.24, 2.45) is 0 Å². The number of hydrogen-bond acceptors (Lipinski definition) is 3. The van der Waals surface area contributed by atoms with Gasteiger partial charge in [0.2, 0.25) is 0 Å². The number of nitrogens with zero attached hydrogens (tertiary/aromatic N) is 1. The van der Waals surface area contributed by atoms with E-state index < -0.39 is 0 Å². The van der Waals surface area contributed by atoms with Gasteiger partial charge in [0.1, 0.15) is 0 Å². The normalized spacial score (nSPS) is 10.7. The van der Waals surface area contributed by atoms with E-state index in [2.05, 4.69) is 12.1 Å². The first-order valence-electron chi connectivity index (χ1n) is 4.23. The Morgan fingerprint density at radius 3 is 2.54 bits per heavy atom. The Morgan fingerprint density at radius 2 is 2.00 bits per heavy atom. The van der Waals surface area contributed by atoms with Gasteiger partial charge < -0.3 is 5.11 Å². The molecule has 0 radical (unpaired) electrons. The fourth-order valence-corrected chi connectivity index (χ4v) is 1.70. The molecule has 1 aromatic carbocycles. The van der Waals surface area contributed by atoms with Gasteiger partial charge in [0.15, 0.2) is 0 Å². The van der Waals surface area contributed by atoms with E-state index in [-0.39, 0.29) is 6.73 Å². The van der Waals surface area contributed by atoms with Crippen LogP contribution in [-0.2, 0) is 6.54 Å². The van der Waals surface area contributed by atoms with Crippen LogP contribution in [0.4, 0.5) is 0 Å². The van der Waals surface area contributed by atoms with Crippen LogP contribution in [0.15, 0.2) is 30.3 Å². The number of benzene rings is 1. The van der Waals surface area contributed by atoms with E-state index >= 15 is 0 Å². The fraction of sp³-hybridized carbons (Fsp3) is 0.400. The van der Waals surface area contributed by atoms with Crippen LogP contribution in [0.5, 0.6) is 0 Å². The largest absolute Gasteiger partial charge is 0.381 e. The minimum atomic E-state index is 0.121. The monoisotopic (exact) mass is 197 g/mol. The smallest absolute Gasteiger partial charge is 0.0966 e. The van der Waals surface area contributed by atoms with Crippen LogP contribution in [-0.4, -0.2) is 28.9 Å². The Morgan fingerprint density at radius 1 is 1.31 bits per heavy atom. The van der Waals surface area contributed by atoms with Gasteiger partial charge in [0, 0.05) is 12.4 Å². The summed E-state index contributed by atoms with van der Waals surface area (Å²) in [5, 5.41) is 9.03. The molecule has 13 heavy (non-hydrogen) atoms. The summed E-state index contributed by atoms with van der Waals surface area (Å²) in [5.41, 5.74) is 1.24. The third-order valence-electron chi connectivity index (χ3n) is 1.76. The van der Waals surface area contributed by atoms with Crippen molar-refractivity contribution in [1.82, 2.24) is 4.90 Å². The molecule has 1 N–H and O–H groups in total. The first kappa shape index (κ1) is 10.6. The average Bonchev–Trinajstić information content (AvgIpc) is 2.19. The van der Waals surface area contributed by atoms with E-state index in [1.165, 1.54) is 5.56 Å². The Bertz CT molecular complexity index is 228. The SMILES string of the molecule is CSCN(CO)Cc1ccccc1. The second-order valence-corrected chi connectivity index (χ2v) is 3.71. The van der Waals surface area contributed by atoms with Crippen molar-refractivity contribution in [2.75, 3.05) is 18.9 Å². The van der Waals surface area contributed by atoms with Gasteiger partial charge in [-0.1, -0.05) is 30.3 Å². The van der Waals surface area contributed by atoms with E-state index in [4.69, 9.17) is 5.11 Å². The van der Waals surface area contributed by atoms with E-state index in [0.717, 1.165) is 12.4 Å². The van der Waals surface area contributed by atoms with Crippen molar-refractivity contribution >= 4 is 11.8 Å². The van der Waals surface area contributed by atoms with Crippen LogP contribution in [0.1, 0.15) is 5.56 Å². The van der Waals surface area contributed by atoms with E-state index in [9.17, 15) is 0 Å². The molecule has 0 saturated carbocycles. The summed E-state index contributed by atoms with van der Waals surface area (Å²) in [5.74, 6) is 0.866. The van der Waals surface area contributed by atoms with Crippen molar-refractivity contribution in [1.29, 1.82) is 0 Å². The van der Waals surface area contributed by atoms with Crippen LogP contribution in [0.3, 0.4) is 0 Å². The molecule has 3 heteroatoms. The molecule has 1 aromatic rings. The first-order chi connectivity index (χ1) is 6.36. The summed E-state index contributed by atoms with van der Waals surface area (Å²) in [6.07, 6.45) is 2.04. The minimum Gasteiger partial charge on any atom is -0.381 e. The van der Waals surface area contributed by atoms with Crippen molar-refractivity contribution in [3.05, 3.63) is 35.9 Å². The van der Waals surface area contributed by atoms with Gasteiger partial charge in [-0.15, -0.1) is 11.8 Å². The molecule has 0 aliphatic heterocycles. The molecule has 0 amide bonds. The quantitative estimate of drug-likeness (QED) is 0.728. The number of thioether (sulfide) groups is 1. The van der Waals surface area contributed by atoms with Gasteiger partial charge >= 0.3 is 0 Å². The van der Waals surface area contributed by atoms with Crippen molar-refractivity contribution < 1.29 is 5.11 Å². The predicted octanol–water partition coefficient (Wildman–Crippen LogP) is 1.76. The summed E-state index contributed by atoms with van der Waals surface area (Å²) < 4.78 is 0. The van der Waals surface area contributed by atoms with Gasteiger partial charge in [-0.05, 0) is 11.8 Å². The van der Waals surface area contributed by atoms with Crippen LogP contribution < -0.4 is 0 Å². The van der Waals surface area contributed by atoms with E-state index in [1.54, 1.807) is 11.8 Å². The molecular formula is C10H15NOS. The third-order valence-corrected chi connectivity index (χ3v) is 2.38. The van der Waals surface area contributed by atoms with Gasteiger partial charge in [0.05, 0.1) is 6.73 Å². The Labute approximate surface area is 83.6 Å². The molecule has 2 nitrogen and oxygen atoms in total. The van der Waals surface area contributed by atoms with Gasteiger partial charge in [-0.2, -0.15) is 0 Å². The highest BCUT2D eigenvalue weighted by atomic mass is 32.2. The zero-order chi connectivity index (χ0) is 9.52. The summed E-state index contributed by atoms with van der Waals surface area (Å²) >= 11 is 1.72. The minimum absolute atomic E-state index is 0.121. The molecule has 0 aromatic heterocycles. The molecule has 0 fully saturated rings. The summed E-state index contributed by atoms with van der Waals surface area (Å²) in [6, 6.07) is 10.2. The highest BCUT2D eigenvalue weighted by Gasteiger charge is 2.01. The standard InChI is InChI=1S/C10H15NOS/c1-13-9-11(8-12)7-10-5-3-2-4-6-10/h2-6,12H,7-9H2,1H3. The third kappa shape index (κ3) is 3.81. The lowest BCUT2D eigenvalue weighted by Crippen LogP contribution is -2.23. The lowest BCUT2D eigenvalue weighted by Gasteiger charge is -2.17. The topological polar surface area (TPSA) is 23.5 Å². The number of rotatable bonds is 5. The maximum absolute atomic E-state index is 9.03. The van der Waals surface area contributed by atoms with Crippen molar-refractivity contribution in [2.45, 2.75) is 6.54 Å². The molecule has 0 atom stereocenters. The molecule has 0 saturated heterocycles. The van der Waals surface area contributed by atoms with Gasteiger partial charge in [0.25, 0.3) is 0 Å². The van der Waals surface area contributed by atoms with Crippen LogP contribution in [0.25, 0.3) is 0 Å². The lowest BCUT2D eigenvalue weighted by molar-refractivity contribution is 0.121. The predicted molar refractivity (Wildman–Crippen MR) is 57.5 cm³/mol. The Kier molecular flexibility index (Phi) is 4.90. The summed E-state index contributed by atoms with van der Waals surface area (Å²) in [7, 11) is 0. The van der Waals surface area contributed by atoms with Crippen LogP contribution in [0.2, 0.25) is 0 Å². The van der Waals surface area contributed by atoms with E-state index in [0.29, 0.717) is 0 Å². The van der Waals surface area contributed by atoms with Gasteiger partial charge in [-0.25, -0.2) is 0 Å². The lowest BCUT2D eigenvalue weighted by atomic mass is 10.2. The van der Waals surface area contributed by atoms with Gasteiger partial charge in [-0.3, -0.25) is 4.90 Å². The second kappa shape index (κ2) is 6.02. The maximum atomic E-state index is 9.03. The molecule has 1 rings (SSSR count). The number of aliphatic hydroxyl groups excluding tert-OH is 1. The maximum Gasteiger partial charge on any atom is 0.0966 e. The molecular weight excluding hydrogens is 182 g/mol. The fourth-order valence-electron chi connectivity index (χ4n) is 1.16. The number of hydrogen-bond donors (Lipinski definition) is 1. The Balaban J connectivity index is 2.46. The highest BCUT2D eigenvalue weighted by Crippen LogP contribution is 2.06. The highest BCUT2D eigenvalue weighted by molar-refractivity contribution is 7.98. The molecule has 0 heterocycles. The van der Waals surface area contributed by atoms with Crippen molar-refractivity contribution in [3.63, 3.8) is 0 Å².